The lowest BCUT2D eigenvalue weighted by Crippen LogP contribution is -2.11. The topological polar surface area (TPSA) is 59.1 Å². The monoisotopic (exact) mass is 338 g/mol. The van der Waals surface area contributed by atoms with Crippen molar-refractivity contribution in [1.82, 2.24) is 0 Å². The van der Waals surface area contributed by atoms with Crippen molar-refractivity contribution in [3.05, 3.63) is 57.0 Å². The first-order valence-electron chi connectivity index (χ1n) is 5.55. The highest BCUT2D eigenvalue weighted by atomic mass is 79.9. The fourth-order valence-electron chi connectivity index (χ4n) is 1.59. The Morgan fingerprint density at radius 3 is 2.42 bits per heavy atom. The minimum absolute atomic E-state index is 0.0592. The minimum atomic E-state index is -0.0592. The number of rotatable bonds is 3. The molecule has 0 bridgehead atoms. The molecule has 2 aromatic rings. The summed E-state index contributed by atoms with van der Waals surface area (Å²) in [5.41, 5.74) is 6.99. The van der Waals surface area contributed by atoms with Crippen LogP contribution in [0.4, 0.5) is 0 Å². The predicted molar refractivity (Wildman–Crippen MR) is 81.4 cm³/mol. The van der Waals surface area contributed by atoms with Gasteiger partial charge < -0.3 is 10.5 Å². The van der Waals surface area contributed by atoms with Gasteiger partial charge in [-0.2, -0.15) is 0 Å². The third-order valence-electron chi connectivity index (χ3n) is 2.60. The number of aryl methyl sites for hydroxylation is 1. The fraction of sp³-hybridized carbons (Fsp3) is 0.0714. The van der Waals surface area contributed by atoms with Crippen molar-refractivity contribution in [1.29, 1.82) is 5.41 Å². The zero-order valence-corrected chi connectivity index (χ0v) is 12.5. The van der Waals surface area contributed by atoms with E-state index in [4.69, 9.17) is 27.5 Å². The quantitative estimate of drug-likeness (QED) is 0.639. The first-order chi connectivity index (χ1) is 8.97. The van der Waals surface area contributed by atoms with Crippen LogP contribution in [0.25, 0.3) is 0 Å². The van der Waals surface area contributed by atoms with Crippen LogP contribution >= 0.6 is 27.5 Å². The highest BCUT2D eigenvalue weighted by molar-refractivity contribution is 9.10. The second-order valence-corrected chi connectivity index (χ2v) is 5.33. The summed E-state index contributed by atoms with van der Waals surface area (Å²) < 4.78 is 6.75. The van der Waals surface area contributed by atoms with Gasteiger partial charge in [-0.05, 0) is 42.8 Å². The molecular weight excluding hydrogens is 328 g/mol. The van der Waals surface area contributed by atoms with Gasteiger partial charge in [0.05, 0.1) is 5.02 Å². The lowest BCUT2D eigenvalue weighted by atomic mass is 10.2. The minimum Gasteiger partial charge on any atom is -0.457 e. The molecule has 0 amide bonds. The van der Waals surface area contributed by atoms with Gasteiger partial charge in [0.15, 0.2) is 0 Å². The zero-order chi connectivity index (χ0) is 14.0. The van der Waals surface area contributed by atoms with Crippen LogP contribution in [0.5, 0.6) is 11.5 Å². The molecule has 0 atom stereocenters. The molecule has 19 heavy (non-hydrogen) atoms. The molecule has 0 saturated carbocycles. The van der Waals surface area contributed by atoms with Gasteiger partial charge in [-0.3, -0.25) is 5.41 Å². The van der Waals surface area contributed by atoms with E-state index < -0.39 is 0 Å². The molecular formula is C14H12BrClN2O. The summed E-state index contributed by atoms with van der Waals surface area (Å²) in [5.74, 6) is 1.28. The molecule has 0 aliphatic heterocycles. The molecule has 5 heteroatoms. The third-order valence-corrected chi connectivity index (χ3v) is 3.80. The number of hydrogen-bond donors (Lipinski definition) is 2. The van der Waals surface area contributed by atoms with E-state index in [1.54, 1.807) is 18.2 Å². The van der Waals surface area contributed by atoms with Crippen LogP contribution in [0, 0.1) is 12.3 Å². The number of nitrogens with one attached hydrogen (secondary N) is 1. The average molecular weight is 340 g/mol. The van der Waals surface area contributed by atoms with Crippen LogP contribution in [0.1, 0.15) is 11.1 Å². The first-order valence-corrected chi connectivity index (χ1v) is 6.72. The van der Waals surface area contributed by atoms with Crippen molar-refractivity contribution in [2.45, 2.75) is 6.92 Å². The van der Waals surface area contributed by atoms with Crippen LogP contribution in [-0.2, 0) is 0 Å². The van der Waals surface area contributed by atoms with Crippen LogP contribution in [0.3, 0.4) is 0 Å². The largest absolute Gasteiger partial charge is 0.457 e. The third kappa shape index (κ3) is 3.28. The first kappa shape index (κ1) is 13.9. The van der Waals surface area contributed by atoms with Gasteiger partial charge in [0, 0.05) is 16.1 Å². The van der Waals surface area contributed by atoms with Crippen LogP contribution in [-0.4, -0.2) is 5.84 Å². The molecule has 98 valence electrons. The van der Waals surface area contributed by atoms with E-state index >= 15 is 0 Å². The van der Waals surface area contributed by atoms with Gasteiger partial charge in [-0.25, -0.2) is 0 Å². The second kappa shape index (κ2) is 5.63. The highest BCUT2D eigenvalue weighted by Gasteiger charge is 2.06. The molecule has 0 fully saturated rings. The predicted octanol–water partition coefficient (Wildman–Crippen LogP) is 4.49. The molecule has 0 unspecified atom stereocenters. The molecule has 0 saturated heterocycles. The van der Waals surface area contributed by atoms with E-state index in [0.29, 0.717) is 16.3 Å². The van der Waals surface area contributed by atoms with Gasteiger partial charge >= 0.3 is 0 Å². The Balaban J connectivity index is 2.26. The lowest BCUT2D eigenvalue weighted by molar-refractivity contribution is 0.482. The van der Waals surface area contributed by atoms with Gasteiger partial charge in [-0.15, -0.1) is 0 Å². The standard InChI is InChI=1S/C14H12BrClN2O/c1-8-6-9(3-5-12(8)15)19-10-2-4-11(14(17)18)13(16)7-10/h2-7H,1H3,(H3,17,18). The van der Waals surface area contributed by atoms with Crippen molar-refractivity contribution in [2.75, 3.05) is 0 Å². The Morgan fingerprint density at radius 1 is 1.21 bits per heavy atom. The summed E-state index contributed by atoms with van der Waals surface area (Å²) in [7, 11) is 0. The van der Waals surface area contributed by atoms with Crippen molar-refractivity contribution in [3.63, 3.8) is 0 Å². The molecule has 0 aliphatic rings. The number of nitrogen functional groups attached to an aromatic ring is 1. The Morgan fingerprint density at radius 2 is 1.84 bits per heavy atom. The number of ether oxygens (including phenoxy) is 1. The van der Waals surface area contributed by atoms with Gasteiger partial charge in [0.1, 0.15) is 17.3 Å². The number of halogens is 2. The van der Waals surface area contributed by atoms with Gasteiger partial charge in [0.2, 0.25) is 0 Å². The highest BCUT2D eigenvalue weighted by Crippen LogP contribution is 2.29. The molecule has 0 aromatic heterocycles. The maximum absolute atomic E-state index is 7.37. The van der Waals surface area contributed by atoms with Crippen LogP contribution < -0.4 is 10.5 Å². The Hall–Kier alpha value is -1.52. The van der Waals surface area contributed by atoms with Gasteiger partial charge in [-0.1, -0.05) is 27.5 Å². The summed E-state index contributed by atoms with van der Waals surface area (Å²) in [5, 5.41) is 7.77. The maximum atomic E-state index is 7.37. The molecule has 0 heterocycles. The summed E-state index contributed by atoms with van der Waals surface area (Å²) in [6.07, 6.45) is 0. The number of hydrogen-bond acceptors (Lipinski definition) is 2. The van der Waals surface area contributed by atoms with Crippen LogP contribution in [0.2, 0.25) is 5.02 Å². The summed E-state index contributed by atoms with van der Waals surface area (Å²) in [6.45, 7) is 1.99. The van der Waals surface area contributed by atoms with E-state index in [-0.39, 0.29) is 5.84 Å². The second-order valence-electron chi connectivity index (χ2n) is 4.07. The SMILES string of the molecule is Cc1cc(Oc2ccc(C(=N)N)c(Cl)c2)ccc1Br. The van der Waals surface area contributed by atoms with E-state index in [1.165, 1.54) is 0 Å². The molecule has 2 rings (SSSR count). The fourth-order valence-corrected chi connectivity index (χ4v) is 2.11. The number of nitrogens with two attached hydrogens (primary N) is 1. The molecule has 0 radical (unpaired) electrons. The smallest absolute Gasteiger partial charge is 0.128 e. The van der Waals surface area contributed by atoms with E-state index in [9.17, 15) is 0 Å². The van der Waals surface area contributed by atoms with Gasteiger partial charge in [0.25, 0.3) is 0 Å². The van der Waals surface area contributed by atoms with E-state index in [2.05, 4.69) is 15.9 Å². The Kier molecular flexibility index (Phi) is 4.12. The summed E-state index contributed by atoms with van der Waals surface area (Å²) in [6, 6.07) is 10.8. The Labute approximate surface area is 125 Å². The van der Waals surface area contributed by atoms with E-state index in [1.807, 2.05) is 25.1 Å². The number of amidine groups is 1. The molecule has 3 nitrogen and oxygen atoms in total. The number of benzene rings is 2. The normalized spacial score (nSPS) is 10.3. The lowest BCUT2D eigenvalue weighted by Gasteiger charge is -2.09. The van der Waals surface area contributed by atoms with Crippen molar-refractivity contribution < 1.29 is 4.74 Å². The zero-order valence-electron chi connectivity index (χ0n) is 10.2. The summed E-state index contributed by atoms with van der Waals surface area (Å²) >= 11 is 9.48. The Bertz CT molecular complexity index is 643. The molecule has 3 N–H and O–H groups in total. The maximum Gasteiger partial charge on any atom is 0.128 e. The van der Waals surface area contributed by atoms with Crippen LogP contribution in [0.15, 0.2) is 40.9 Å². The van der Waals surface area contributed by atoms with E-state index in [0.717, 1.165) is 15.8 Å². The molecule has 0 aliphatic carbocycles. The van der Waals surface area contributed by atoms with Crippen molar-refractivity contribution in [3.8, 4) is 11.5 Å². The summed E-state index contributed by atoms with van der Waals surface area (Å²) in [4.78, 5) is 0. The molecule has 2 aromatic carbocycles. The average Bonchev–Trinajstić information content (AvgIpc) is 2.33. The molecule has 0 spiro atoms. The van der Waals surface area contributed by atoms with Crippen molar-refractivity contribution >= 4 is 33.4 Å². The van der Waals surface area contributed by atoms with Crippen molar-refractivity contribution in [2.24, 2.45) is 5.73 Å².